The van der Waals surface area contributed by atoms with E-state index in [2.05, 4.69) is 42.1 Å². The van der Waals surface area contributed by atoms with Gasteiger partial charge in [-0.05, 0) is 94.5 Å². The maximum atomic E-state index is 13.9. The topological polar surface area (TPSA) is 149 Å². The Kier molecular flexibility index (Phi) is 9.19. The summed E-state index contributed by atoms with van der Waals surface area (Å²) in [5.74, 6) is 0.323. The van der Waals surface area contributed by atoms with Crippen LogP contribution in [-0.4, -0.2) is 94.4 Å². The van der Waals surface area contributed by atoms with Gasteiger partial charge >= 0.3 is 0 Å². The molecule has 1 aromatic carbocycles. The summed E-state index contributed by atoms with van der Waals surface area (Å²) in [4.78, 5) is 74.1. The van der Waals surface area contributed by atoms with Crippen LogP contribution in [-0.2, 0) is 19.8 Å². The first-order valence-electron chi connectivity index (χ1n) is 20.6. The van der Waals surface area contributed by atoms with E-state index in [9.17, 15) is 19.2 Å². The van der Waals surface area contributed by atoms with Crippen LogP contribution in [0.1, 0.15) is 100 Å². The van der Waals surface area contributed by atoms with Crippen molar-refractivity contribution in [1.82, 2.24) is 29.7 Å². The van der Waals surface area contributed by atoms with E-state index >= 15 is 0 Å². The number of pyridine rings is 1. The van der Waals surface area contributed by atoms with E-state index in [1.165, 1.54) is 0 Å². The number of hydrogen-bond donors (Lipinski definition) is 2. The van der Waals surface area contributed by atoms with Crippen LogP contribution in [0.4, 0.5) is 28.8 Å². The van der Waals surface area contributed by atoms with Crippen LogP contribution in [0.5, 0.6) is 0 Å². The molecule has 57 heavy (non-hydrogen) atoms. The zero-order valence-electron chi connectivity index (χ0n) is 33.4. The molecule has 4 aromatic rings. The van der Waals surface area contributed by atoms with E-state index in [0.29, 0.717) is 23.9 Å². The SMILES string of the molecule is CN(C)C(=O)c1cc2cnc(Nc3ccc(N4CCC5(CC4)CCN(c4cccc6c4C(C)(C)C(=O)N6[C@H]4CCC(=O)NC4=O)CC5)cn3)nc2n1C1CCCC1. The molecule has 4 aliphatic heterocycles. The Morgan fingerprint density at radius 3 is 2.25 bits per heavy atom. The Bertz CT molecular complexity index is 2240. The first kappa shape index (κ1) is 37.1. The van der Waals surface area contributed by atoms with Crippen LogP contribution in [0, 0.1) is 5.41 Å². The zero-order valence-corrected chi connectivity index (χ0v) is 33.4. The number of aromatic nitrogens is 4. The van der Waals surface area contributed by atoms with Gasteiger partial charge in [-0.1, -0.05) is 18.9 Å². The van der Waals surface area contributed by atoms with E-state index in [4.69, 9.17) is 9.97 Å². The van der Waals surface area contributed by atoms with Crippen LogP contribution in [0.25, 0.3) is 11.0 Å². The number of hydrogen-bond acceptors (Lipinski definition) is 10. The third kappa shape index (κ3) is 6.46. The minimum Gasteiger partial charge on any atom is -0.371 e. The van der Waals surface area contributed by atoms with E-state index in [0.717, 1.165) is 111 Å². The average Bonchev–Trinajstić information content (AvgIpc) is 3.92. The van der Waals surface area contributed by atoms with Crippen molar-refractivity contribution in [2.75, 3.05) is 60.3 Å². The van der Waals surface area contributed by atoms with Gasteiger partial charge in [-0.2, -0.15) is 4.98 Å². The first-order chi connectivity index (χ1) is 27.4. The van der Waals surface area contributed by atoms with Crippen molar-refractivity contribution in [3.05, 3.63) is 60.0 Å². The van der Waals surface area contributed by atoms with Gasteiger partial charge in [0.1, 0.15) is 23.2 Å². The summed E-state index contributed by atoms with van der Waals surface area (Å²) in [6.45, 7) is 7.65. The molecular formula is C43H52N10O4. The maximum absolute atomic E-state index is 13.9. The van der Waals surface area contributed by atoms with Gasteiger partial charge in [0.15, 0.2) is 0 Å². The van der Waals surface area contributed by atoms with Gasteiger partial charge in [-0.15, -0.1) is 0 Å². The largest absolute Gasteiger partial charge is 0.371 e. The van der Waals surface area contributed by atoms with E-state index in [-0.39, 0.29) is 35.6 Å². The van der Waals surface area contributed by atoms with Gasteiger partial charge < -0.3 is 24.6 Å². The number of carbonyl (C=O) groups excluding carboxylic acids is 4. The molecule has 1 atom stereocenters. The third-order valence-electron chi connectivity index (χ3n) is 13.4. The lowest BCUT2D eigenvalue weighted by Crippen LogP contribution is -2.55. The lowest BCUT2D eigenvalue weighted by Gasteiger charge is -2.48. The average molecular weight is 773 g/mol. The lowest BCUT2D eigenvalue weighted by atomic mass is 9.71. The second kappa shape index (κ2) is 14.1. The maximum Gasteiger partial charge on any atom is 0.270 e. The minimum atomic E-state index is -0.785. The van der Waals surface area contributed by atoms with Crippen LogP contribution in [0.2, 0.25) is 0 Å². The second-order valence-corrected chi connectivity index (χ2v) is 17.4. The molecule has 9 rings (SSSR count). The monoisotopic (exact) mass is 772 g/mol. The summed E-state index contributed by atoms with van der Waals surface area (Å²) in [6.07, 6.45) is 13.0. The number of piperidine rings is 3. The fourth-order valence-corrected chi connectivity index (χ4v) is 10.1. The number of imide groups is 1. The lowest BCUT2D eigenvalue weighted by molar-refractivity contribution is -0.136. The molecule has 298 valence electrons. The molecule has 1 spiro atoms. The number of rotatable bonds is 7. The van der Waals surface area contributed by atoms with E-state index in [1.54, 1.807) is 30.1 Å². The highest BCUT2D eigenvalue weighted by atomic mass is 16.2. The summed E-state index contributed by atoms with van der Waals surface area (Å²) < 4.78 is 2.12. The number of amides is 4. The molecule has 5 aliphatic rings. The number of nitrogens with zero attached hydrogens (tertiary/aromatic N) is 8. The Morgan fingerprint density at radius 1 is 0.877 bits per heavy atom. The van der Waals surface area contributed by atoms with Crippen molar-refractivity contribution in [1.29, 1.82) is 0 Å². The minimum absolute atomic E-state index is 0.0275. The van der Waals surface area contributed by atoms with Crippen molar-refractivity contribution in [3.63, 3.8) is 0 Å². The first-order valence-corrected chi connectivity index (χ1v) is 20.6. The van der Waals surface area contributed by atoms with Crippen LogP contribution in [0.3, 0.4) is 0 Å². The second-order valence-electron chi connectivity index (χ2n) is 17.4. The predicted octanol–water partition coefficient (Wildman–Crippen LogP) is 5.70. The summed E-state index contributed by atoms with van der Waals surface area (Å²) in [5.41, 5.74) is 4.86. The highest BCUT2D eigenvalue weighted by molar-refractivity contribution is 6.14. The normalized spacial score (nSPS) is 22.0. The van der Waals surface area contributed by atoms with Crippen molar-refractivity contribution in [2.24, 2.45) is 5.41 Å². The Labute approximate surface area is 333 Å². The van der Waals surface area contributed by atoms with Gasteiger partial charge in [-0.3, -0.25) is 29.4 Å². The molecule has 0 unspecified atom stereocenters. The Morgan fingerprint density at radius 2 is 1.58 bits per heavy atom. The molecule has 7 heterocycles. The van der Waals surface area contributed by atoms with Crippen LogP contribution >= 0.6 is 0 Å². The molecule has 14 heteroatoms. The molecule has 2 N–H and O–H groups in total. The highest BCUT2D eigenvalue weighted by Crippen LogP contribution is 2.50. The standard InChI is InChI=1S/C43H52N10O4/c1-42(2)36-30(10-7-11-31(36)53(40(42)57)32-13-15-35(54)47-38(32)55)51-22-18-43(19-23-51)16-20-50(21-17-43)29-12-14-34(44-26-29)46-41-45-25-27-24-33(39(56)49(3)4)52(37(27)48-41)28-8-5-6-9-28/h7,10-12,14,24-26,28,32H,5-6,8-9,13,15-23H2,1-4H3,(H,47,54,55)(H,44,45,46,48)/t32-/m0/s1. The zero-order chi connectivity index (χ0) is 39.6. The third-order valence-corrected chi connectivity index (χ3v) is 13.4. The van der Waals surface area contributed by atoms with Crippen molar-refractivity contribution in [3.8, 4) is 0 Å². The fraction of sp³-hybridized carbons (Fsp3) is 0.512. The van der Waals surface area contributed by atoms with E-state index in [1.807, 2.05) is 44.3 Å². The number of benzene rings is 1. The van der Waals surface area contributed by atoms with Gasteiger partial charge in [0.05, 0.1) is 23.0 Å². The predicted molar refractivity (Wildman–Crippen MR) is 219 cm³/mol. The molecule has 3 aromatic heterocycles. The van der Waals surface area contributed by atoms with Crippen molar-refractivity contribution in [2.45, 2.75) is 95.6 Å². The summed E-state index contributed by atoms with van der Waals surface area (Å²) in [6, 6.07) is 11.6. The van der Waals surface area contributed by atoms with Gasteiger partial charge in [0.2, 0.25) is 23.7 Å². The molecular weight excluding hydrogens is 721 g/mol. The molecule has 4 amide bonds. The van der Waals surface area contributed by atoms with Gasteiger partial charge in [-0.25, -0.2) is 9.97 Å². The molecule has 0 bridgehead atoms. The van der Waals surface area contributed by atoms with Crippen molar-refractivity contribution < 1.29 is 19.2 Å². The smallest absolute Gasteiger partial charge is 0.270 e. The number of anilines is 5. The van der Waals surface area contributed by atoms with Gasteiger partial charge in [0, 0.05) is 75.6 Å². The van der Waals surface area contributed by atoms with E-state index < -0.39 is 17.4 Å². The molecule has 1 saturated carbocycles. The number of nitrogens with one attached hydrogen (secondary N) is 2. The highest BCUT2D eigenvalue weighted by Gasteiger charge is 2.51. The molecule has 14 nitrogen and oxygen atoms in total. The summed E-state index contributed by atoms with van der Waals surface area (Å²) >= 11 is 0. The Hall–Kier alpha value is -5.53. The molecule has 4 fully saturated rings. The fourth-order valence-electron chi connectivity index (χ4n) is 10.1. The quantitative estimate of drug-likeness (QED) is 0.224. The Balaban J connectivity index is 0.841. The summed E-state index contributed by atoms with van der Waals surface area (Å²) in [5, 5.41) is 6.59. The molecule has 0 radical (unpaired) electrons. The van der Waals surface area contributed by atoms with Crippen LogP contribution in [0.15, 0.2) is 48.8 Å². The summed E-state index contributed by atoms with van der Waals surface area (Å²) in [7, 11) is 3.56. The van der Waals surface area contributed by atoms with Crippen LogP contribution < -0.4 is 25.3 Å². The number of fused-ring (bicyclic) bond motifs is 2. The molecule has 1 aliphatic carbocycles. The molecule has 3 saturated heterocycles. The van der Waals surface area contributed by atoms with Crippen molar-refractivity contribution >= 4 is 63.5 Å². The number of carbonyl (C=O) groups is 4. The van der Waals surface area contributed by atoms with Gasteiger partial charge in [0.25, 0.3) is 5.91 Å².